The molecule has 1 saturated carbocycles. The fraction of sp³-hybridized carbons (Fsp3) is 0.385. The Morgan fingerprint density at radius 3 is 2.57 bits per heavy atom. The summed E-state index contributed by atoms with van der Waals surface area (Å²) in [4.78, 5) is 22.6. The highest BCUT2D eigenvalue weighted by Crippen LogP contribution is 2.22. The van der Waals surface area contributed by atoms with Crippen LogP contribution in [0.15, 0.2) is 29.2 Å². The Bertz CT molecular complexity index is 667. The van der Waals surface area contributed by atoms with Gasteiger partial charge in [-0.3, -0.25) is 9.59 Å². The number of hydrogen-bond acceptors (Lipinski definition) is 4. The molecule has 7 nitrogen and oxygen atoms in total. The van der Waals surface area contributed by atoms with Crippen molar-refractivity contribution in [2.24, 2.45) is 0 Å². The summed E-state index contributed by atoms with van der Waals surface area (Å²) in [6, 6.07) is 4.42. The minimum absolute atomic E-state index is 0.00923. The molecule has 0 radical (unpaired) electrons. The molecule has 0 heterocycles. The Labute approximate surface area is 122 Å². The van der Waals surface area contributed by atoms with E-state index in [0.29, 0.717) is 0 Å². The standard InChI is InChI=1S/C13H16N2O5S/c1-8(13(17)18)14-12(16)9-3-2-4-11(7-9)21(19,20)15-10-5-6-10/h2-4,7-8,10,15H,5-6H2,1H3,(H,14,16)(H,17,18)/t8-/m1/s1. The molecule has 1 aliphatic carbocycles. The fourth-order valence-electron chi connectivity index (χ4n) is 1.63. The second-order valence-corrected chi connectivity index (χ2v) is 6.67. The van der Waals surface area contributed by atoms with E-state index in [1.54, 1.807) is 0 Å². The van der Waals surface area contributed by atoms with Gasteiger partial charge in [-0.05, 0) is 38.0 Å². The summed E-state index contributed by atoms with van der Waals surface area (Å²) >= 11 is 0. The fourth-order valence-corrected chi connectivity index (χ4v) is 2.99. The lowest BCUT2D eigenvalue weighted by Crippen LogP contribution is -2.38. The topological polar surface area (TPSA) is 113 Å². The zero-order chi connectivity index (χ0) is 15.6. The zero-order valence-corrected chi connectivity index (χ0v) is 12.2. The van der Waals surface area contributed by atoms with Crippen LogP contribution in [0.2, 0.25) is 0 Å². The summed E-state index contributed by atoms with van der Waals surface area (Å²) < 4.78 is 26.6. The summed E-state index contributed by atoms with van der Waals surface area (Å²) in [5.41, 5.74) is 0.0989. The Morgan fingerprint density at radius 1 is 1.33 bits per heavy atom. The van der Waals surface area contributed by atoms with Crippen molar-refractivity contribution in [3.8, 4) is 0 Å². The SMILES string of the molecule is C[C@@H](NC(=O)c1cccc(S(=O)(=O)NC2CC2)c1)C(=O)O. The third kappa shape index (κ3) is 4.02. The highest BCUT2D eigenvalue weighted by molar-refractivity contribution is 7.89. The van der Waals surface area contributed by atoms with E-state index in [2.05, 4.69) is 10.0 Å². The molecule has 0 aromatic heterocycles. The van der Waals surface area contributed by atoms with Crippen molar-refractivity contribution in [2.45, 2.75) is 36.7 Å². The maximum Gasteiger partial charge on any atom is 0.325 e. The first-order valence-corrected chi connectivity index (χ1v) is 7.94. The Hall–Kier alpha value is -1.93. The van der Waals surface area contributed by atoms with Crippen LogP contribution in [0.1, 0.15) is 30.1 Å². The number of carboxylic acids is 1. The first-order chi connectivity index (χ1) is 9.79. The molecule has 8 heteroatoms. The molecule has 1 aromatic rings. The predicted octanol–water partition coefficient (Wildman–Crippen LogP) is 0.330. The smallest absolute Gasteiger partial charge is 0.325 e. The summed E-state index contributed by atoms with van der Waals surface area (Å²) in [5, 5.41) is 11.0. The maximum absolute atomic E-state index is 12.1. The molecule has 0 bridgehead atoms. The van der Waals surface area contributed by atoms with Gasteiger partial charge < -0.3 is 10.4 Å². The van der Waals surface area contributed by atoms with Gasteiger partial charge >= 0.3 is 5.97 Å². The van der Waals surface area contributed by atoms with Crippen LogP contribution in [0.4, 0.5) is 0 Å². The third-order valence-corrected chi connectivity index (χ3v) is 4.54. The average Bonchev–Trinajstić information content (AvgIpc) is 3.22. The molecule has 3 N–H and O–H groups in total. The van der Waals surface area contributed by atoms with Crippen molar-refractivity contribution < 1.29 is 23.1 Å². The van der Waals surface area contributed by atoms with Gasteiger partial charge in [0.2, 0.25) is 10.0 Å². The quantitative estimate of drug-likeness (QED) is 0.700. The van der Waals surface area contributed by atoms with E-state index in [1.807, 2.05) is 0 Å². The molecule has 0 unspecified atom stereocenters. The highest BCUT2D eigenvalue weighted by atomic mass is 32.2. The van der Waals surface area contributed by atoms with Gasteiger partial charge in [-0.15, -0.1) is 0 Å². The number of carboxylic acid groups (broad SMARTS) is 1. The van der Waals surface area contributed by atoms with Gasteiger partial charge in [0.05, 0.1) is 4.90 Å². The lowest BCUT2D eigenvalue weighted by molar-refractivity contribution is -0.138. The molecule has 21 heavy (non-hydrogen) atoms. The van der Waals surface area contributed by atoms with Gasteiger partial charge in [0, 0.05) is 11.6 Å². The Morgan fingerprint density at radius 2 is 2.00 bits per heavy atom. The monoisotopic (exact) mass is 312 g/mol. The van der Waals surface area contributed by atoms with Crippen molar-refractivity contribution in [1.29, 1.82) is 0 Å². The maximum atomic E-state index is 12.1. The van der Waals surface area contributed by atoms with Crippen molar-refractivity contribution in [3.63, 3.8) is 0 Å². The van der Waals surface area contributed by atoms with E-state index in [1.165, 1.54) is 31.2 Å². The van der Waals surface area contributed by atoms with Crippen molar-refractivity contribution >= 4 is 21.9 Å². The molecule has 0 saturated heterocycles. The highest BCUT2D eigenvalue weighted by Gasteiger charge is 2.28. The number of nitrogens with one attached hydrogen (secondary N) is 2. The number of carbonyl (C=O) groups is 2. The summed E-state index contributed by atoms with van der Waals surface area (Å²) in [6.07, 6.45) is 1.63. The lowest BCUT2D eigenvalue weighted by atomic mass is 10.2. The molecule has 0 spiro atoms. The summed E-state index contributed by atoms with van der Waals surface area (Å²) in [6.45, 7) is 1.33. The van der Waals surface area contributed by atoms with E-state index in [4.69, 9.17) is 5.11 Å². The van der Waals surface area contributed by atoms with Crippen LogP contribution in [-0.4, -0.2) is 37.5 Å². The number of amides is 1. The molecule has 1 amide bonds. The van der Waals surface area contributed by atoms with Gasteiger partial charge in [0.25, 0.3) is 5.91 Å². The average molecular weight is 312 g/mol. The van der Waals surface area contributed by atoms with Crippen LogP contribution in [0.3, 0.4) is 0 Å². The largest absolute Gasteiger partial charge is 0.480 e. The molecule has 0 aliphatic heterocycles. The molecule has 1 aromatic carbocycles. The first kappa shape index (κ1) is 15.5. The zero-order valence-electron chi connectivity index (χ0n) is 11.4. The van der Waals surface area contributed by atoms with E-state index < -0.39 is 27.9 Å². The lowest BCUT2D eigenvalue weighted by Gasteiger charge is -2.10. The molecular formula is C13H16N2O5S. The normalized spacial score (nSPS) is 16.2. The van der Waals surface area contributed by atoms with Crippen molar-refractivity contribution in [1.82, 2.24) is 10.0 Å². The molecule has 1 fully saturated rings. The molecule has 114 valence electrons. The van der Waals surface area contributed by atoms with Crippen LogP contribution in [-0.2, 0) is 14.8 Å². The van der Waals surface area contributed by atoms with Crippen LogP contribution < -0.4 is 10.0 Å². The number of benzene rings is 1. The second-order valence-electron chi connectivity index (χ2n) is 4.96. The van der Waals surface area contributed by atoms with E-state index in [-0.39, 0.29) is 16.5 Å². The number of carbonyl (C=O) groups excluding carboxylic acids is 1. The van der Waals surface area contributed by atoms with Crippen LogP contribution in [0.5, 0.6) is 0 Å². The predicted molar refractivity (Wildman–Crippen MR) is 74.3 cm³/mol. The number of rotatable bonds is 6. The van der Waals surface area contributed by atoms with E-state index in [0.717, 1.165) is 12.8 Å². The van der Waals surface area contributed by atoms with Crippen molar-refractivity contribution in [3.05, 3.63) is 29.8 Å². The molecular weight excluding hydrogens is 296 g/mol. The number of aliphatic carboxylic acids is 1. The minimum Gasteiger partial charge on any atom is -0.480 e. The summed E-state index contributed by atoms with van der Waals surface area (Å²) in [5.74, 6) is -1.80. The first-order valence-electron chi connectivity index (χ1n) is 6.45. The van der Waals surface area contributed by atoms with Gasteiger partial charge in [0.15, 0.2) is 0 Å². The summed E-state index contributed by atoms with van der Waals surface area (Å²) in [7, 11) is -3.64. The minimum atomic E-state index is -3.64. The second kappa shape index (κ2) is 5.82. The van der Waals surface area contributed by atoms with Crippen LogP contribution in [0, 0.1) is 0 Å². The van der Waals surface area contributed by atoms with Crippen LogP contribution >= 0.6 is 0 Å². The van der Waals surface area contributed by atoms with Gasteiger partial charge in [-0.1, -0.05) is 6.07 Å². The number of hydrogen-bond donors (Lipinski definition) is 3. The van der Waals surface area contributed by atoms with E-state index >= 15 is 0 Å². The van der Waals surface area contributed by atoms with Gasteiger partial charge in [-0.2, -0.15) is 0 Å². The molecule has 2 rings (SSSR count). The van der Waals surface area contributed by atoms with Crippen LogP contribution in [0.25, 0.3) is 0 Å². The third-order valence-electron chi connectivity index (χ3n) is 3.02. The Balaban J connectivity index is 2.17. The number of sulfonamides is 1. The van der Waals surface area contributed by atoms with E-state index in [9.17, 15) is 18.0 Å². The van der Waals surface area contributed by atoms with Crippen molar-refractivity contribution in [2.75, 3.05) is 0 Å². The van der Waals surface area contributed by atoms with Gasteiger partial charge in [0.1, 0.15) is 6.04 Å². The Kier molecular flexibility index (Phi) is 4.29. The molecule has 1 aliphatic rings. The van der Waals surface area contributed by atoms with Gasteiger partial charge in [-0.25, -0.2) is 13.1 Å². The molecule has 1 atom stereocenters.